The fourth-order valence-corrected chi connectivity index (χ4v) is 4.94. The Hall–Kier alpha value is -3.05. The van der Waals surface area contributed by atoms with Crippen molar-refractivity contribution >= 4 is 40.1 Å². The predicted octanol–water partition coefficient (Wildman–Crippen LogP) is 2.18. The Balaban J connectivity index is 1.38. The van der Waals surface area contributed by atoms with Gasteiger partial charge in [-0.15, -0.1) is 0 Å². The molecule has 36 heavy (non-hydrogen) atoms. The number of aliphatic hydroxyl groups is 1. The number of hydrogen-bond donors (Lipinski definition) is 3. The molecule has 0 unspecified atom stereocenters. The van der Waals surface area contributed by atoms with E-state index in [1.165, 1.54) is 6.33 Å². The summed E-state index contributed by atoms with van der Waals surface area (Å²) in [6.07, 6.45) is 4.42. The van der Waals surface area contributed by atoms with Crippen LogP contribution in [0.1, 0.15) is 39.1 Å². The molecule has 2 aromatic heterocycles. The molecule has 190 valence electrons. The number of aromatic amines is 1. The average molecular weight is 513 g/mol. The van der Waals surface area contributed by atoms with Crippen LogP contribution in [0.4, 0.5) is 5.82 Å². The molecule has 10 nitrogen and oxygen atoms in total. The lowest BCUT2D eigenvalue weighted by Gasteiger charge is -2.32. The molecule has 4 heterocycles. The van der Waals surface area contributed by atoms with Crippen molar-refractivity contribution in [2.75, 3.05) is 51.8 Å². The minimum Gasteiger partial charge on any atom is -0.394 e. The van der Waals surface area contributed by atoms with Crippen LogP contribution in [0.25, 0.3) is 11.0 Å². The Kier molecular flexibility index (Phi) is 7.20. The number of amides is 1. The summed E-state index contributed by atoms with van der Waals surface area (Å²) < 4.78 is 5.67. The van der Waals surface area contributed by atoms with Crippen molar-refractivity contribution < 1.29 is 19.4 Å². The van der Waals surface area contributed by atoms with Crippen LogP contribution in [0, 0.1) is 0 Å². The summed E-state index contributed by atoms with van der Waals surface area (Å²) in [5.41, 5.74) is 1.68. The van der Waals surface area contributed by atoms with E-state index in [2.05, 4.69) is 25.2 Å². The maximum absolute atomic E-state index is 13.5. The van der Waals surface area contributed by atoms with Crippen LogP contribution in [0.2, 0.25) is 5.02 Å². The number of halogens is 1. The van der Waals surface area contributed by atoms with Crippen LogP contribution in [-0.2, 0) is 4.74 Å². The molecule has 0 bridgehead atoms. The highest BCUT2D eigenvalue weighted by Crippen LogP contribution is 2.30. The van der Waals surface area contributed by atoms with Gasteiger partial charge in [0.2, 0.25) is 0 Å². The van der Waals surface area contributed by atoms with Crippen molar-refractivity contribution in [2.24, 2.45) is 0 Å². The maximum Gasteiger partial charge on any atom is 0.253 e. The first kappa shape index (κ1) is 24.6. The molecular formula is C25H29ClN6O4. The van der Waals surface area contributed by atoms with E-state index in [4.69, 9.17) is 16.3 Å². The summed E-state index contributed by atoms with van der Waals surface area (Å²) in [7, 11) is 2.03. The number of fused-ring (bicyclic) bond motifs is 1. The number of carbonyl (C=O) groups is 2. The minimum atomic E-state index is -0.289. The van der Waals surface area contributed by atoms with Gasteiger partial charge in [-0.05, 0) is 38.1 Å². The number of anilines is 1. The number of aromatic nitrogens is 3. The summed E-state index contributed by atoms with van der Waals surface area (Å²) in [6, 6.07) is 4.82. The SMILES string of the molecule is CN1CCN(C(=O)c2ccc(C(=O)c3c[nH]c4ncnc(N[C@@H]5CC[C@@H](CO)OC5)c34)c(Cl)c2)CC1. The van der Waals surface area contributed by atoms with Gasteiger partial charge in [-0.2, -0.15) is 0 Å². The molecule has 1 aromatic carbocycles. The molecule has 2 aliphatic heterocycles. The fraction of sp³-hybridized carbons (Fsp3) is 0.440. The number of piperazine rings is 1. The van der Waals surface area contributed by atoms with Crippen LogP contribution in [0.15, 0.2) is 30.7 Å². The van der Waals surface area contributed by atoms with Crippen molar-refractivity contribution in [1.29, 1.82) is 0 Å². The third-order valence-electron chi connectivity index (χ3n) is 6.88. The first-order valence-electron chi connectivity index (χ1n) is 12.1. The Morgan fingerprint density at radius 1 is 1.19 bits per heavy atom. The van der Waals surface area contributed by atoms with Crippen LogP contribution in [-0.4, -0.2) is 100 Å². The molecule has 1 amide bonds. The van der Waals surface area contributed by atoms with Gasteiger partial charge in [0, 0.05) is 43.5 Å². The summed E-state index contributed by atoms with van der Waals surface area (Å²) in [4.78, 5) is 42.1. The van der Waals surface area contributed by atoms with Gasteiger partial charge in [0.15, 0.2) is 5.78 Å². The number of ketones is 1. The van der Waals surface area contributed by atoms with Gasteiger partial charge in [-0.3, -0.25) is 9.59 Å². The third-order valence-corrected chi connectivity index (χ3v) is 7.19. The highest BCUT2D eigenvalue weighted by Gasteiger charge is 2.26. The highest BCUT2D eigenvalue weighted by molar-refractivity contribution is 6.36. The molecule has 2 fully saturated rings. The number of likely N-dealkylation sites (N-methyl/N-ethyl adjacent to an activating group) is 1. The second kappa shape index (κ2) is 10.5. The summed E-state index contributed by atoms with van der Waals surface area (Å²) in [5.74, 6) is 0.149. The van der Waals surface area contributed by atoms with Gasteiger partial charge in [0.1, 0.15) is 17.8 Å². The van der Waals surface area contributed by atoms with Crippen molar-refractivity contribution in [2.45, 2.75) is 25.0 Å². The molecule has 11 heteroatoms. The van der Waals surface area contributed by atoms with E-state index < -0.39 is 0 Å². The predicted molar refractivity (Wildman–Crippen MR) is 136 cm³/mol. The van der Waals surface area contributed by atoms with Crippen LogP contribution < -0.4 is 5.32 Å². The zero-order chi connectivity index (χ0) is 25.2. The van der Waals surface area contributed by atoms with Crippen LogP contribution >= 0.6 is 11.6 Å². The smallest absolute Gasteiger partial charge is 0.253 e. The quantitative estimate of drug-likeness (QED) is 0.429. The molecule has 2 aliphatic rings. The number of nitrogens with one attached hydrogen (secondary N) is 2. The Bertz CT molecular complexity index is 1260. The molecule has 3 N–H and O–H groups in total. The van der Waals surface area contributed by atoms with Crippen LogP contribution in [0.5, 0.6) is 0 Å². The fourth-order valence-electron chi connectivity index (χ4n) is 4.68. The second-order valence-electron chi connectivity index (χ2n) is 9.32. The monoisotopic (exact) mass is 512 g/mol. The van der Waals surface area contributed by atoms with Gasteiger partial charge < -0.3 is 29.9 Å². The number of aliphatic hydroxyl groups excluding tert-OH is 1. The minimum absolute atomic E-state index is 0.00144. The number of ether oxygens (including phenoxy) is 1. The lowest BCUT2D eigenvalue weighted by molar-refractivity contribution is -0.0224. The number of hydrogen-bond acceptors (Lipinski definition) is 8. The number of H-pyrrole nitrogens is 1. The maximum atomic E-state index is 13.5. The third kappa shape index (κ3) is 4.94. The topological polar surface area (TPSA) is 124 Å². The van der Waals surface area contributed by atoms with Crippen molar-refractivity contribution in [3.05, 3.63) is 52.4 Å². The number of carbonyl (C=O) groups excluding carboxylic acids is 2. The first-order chi connectivity index (χ1) is 17.4. The van der Waals surface area contributed by atoms with E-state index in [9.17, 15) is 14.7 Å². The first-order valence-corrected chi connectivity index (χ1v) is 12.5. The van der Waals surface area contributed by atoms with Gasteiger partial charge in [0.25, 0.3) is 5.91 Å². The Morgan fingerprint density at radius 2 is 2.00 bits per heavy atom. The van der Waals surface area contributed by atoms with Gasteiger partial charge in [-0.25, -0.2) is 9.97 Å². The van der Waals surface area contributed by atoms with Crippen molar-refractivity contribution in [3.8, 4) is 0 Å². The Morgan fingerprint density at radius 3 is 2.69 bits per heavy atom. The highest BCUT2D eigenvalue weighted by atomic mass is 35.5. The van der Waals surface area contributed by atoms with E-state index in [1.54, 1.807) is 29.3 Å². The number of rotatable bonds is 6. The summed E-state index contributed by atoms with van der Waals surface area (Å²) in [5, 5.41) is 13.4. The van der Waals surface area contributed by atoms with E-state index >= 15 is 0 Å². The summed E-state index contributed by atoms with van der Waals surface area (Å²) in [6.45, 7) is 3.39. The van der Waals surface area contributed by atoms with Gasteiger partial charge in [0.05, 0.1) is 41.3 Å². The molecule has 0 aliphatic carbocycles. The lowest BCUT2D eigenvalue weighted by atomic mass is 10.0. The molecular weight excluding hydrogens is 484 g/mol. The molecule has 5 rings (SSSR count). The van der Waals surface area contributed by atoms with Crippen LogP contribution in [0.3, 0.4) is 0 Å². The summed E-state index contributed by atoms with van der Waals surface area (Å²) >= 11 is 6.53. The van der Waals surface area contributed by atoms with E-state index in [-0.39, 0.29) is 35.5 Å². The molecule has 2 atom stereocenters. The zero-order valence-electron chi connectivity index (χ0n) is 20.0. The van der Waals surface area contributed by atoms with Gasteiger partial charge in [-0.1, -0.05) is 11.6 Å². The lowest BCUT2D eigenvalue weighted by Crippen LogP contribution is -2.47. The molecule has 0 saturated carbocycles. The molecule has 3 aromatic rings. The normalized spacial score (nSPS) is 21.0. The van der Waals surface area contributed by atoms with Crippen molar-refractivity contribution in [3.63, 3.8) is 0 Å². The molecule has 0 radical (unpaired) electrons. The van der Waals surface area contributed by atoms with E-state index in [1.807, 2.05) is 7.05 Å². The Labute approximate surface area is 213 Å². The van der Waals surface area contributed by atoms with Crippen molar-refractivity contribution in [1.82, 2.24) is 24.8 Å². The molecule has 2 saturated heterocycles. The largest absolute Gasteiger partial charge is 0.394 e. The second-order valence-corrected chi connectivity index (χ2v) is 9.73. The van der Waals surface area contributed by atoms with Gasteiger partial charge >= 0.3 is 0 Å². The average Bonchev–Trinajstić information content (AvgIpc) is 3.34. The molecule has 0 spiro atoms. The van der Waals surface area contributed by atoms with E-state index in [0.29, 0.717) is 53.2 Å². The van der Waals surface area contributed by atoms with E-state index in [0.717, 1.165) is 25.9 Å². The number of benzene rings is 1. The number of nitrogens with zero attached hydrogens (tertiary/aromatic N) is 4. The zero-order valence-corrected chi connectivity index (χ0v) is 20.8. The standard InChI is InChI=1S/C25H29ClN6O4/c1-31-6-8-32(9-7-31)25(35)15-2-5-18(20(26)10-15)22(34)19-11-27-23-21(19)24(29-14-28-23)30-16-3-4-17(12-33)36-13-16/h2,5,10-11,14,16-17,33H,3-4,6-9,12-13H2,1H3,(H2,27,28,29,30)/t16-,17+/m1/s1.